The summed E-state index contributed by atoms with van der Waals surface area (Å²) >= 11 is 0. The molecule has 1 aromatic rings. The Morgan fingerprint density at radius 3 is 2.06 bits per heavy atom. The van der Waals surface area contributed by atoms with Crippen LogP contribution in [-0.4, -0.2) is 52.4 Å². The Balaban J connectivity index is 3.16. The van der Waals surface area contributed by atoms with Gasteiger partial charge in [-0.2, -0.15) is 0 Å². The molecular formula is C19H25O10PS. The zero-order valence-electron chi connectivity index (χ0n) is 17.5. The third-order valence-electron chi connectivity index (χ3n) is 3.66. The number of sulfone groups is 1. The smallest absolute Gasteiger partial charge is 0.496 e. The van der Waals surface area contributed by atoms with Crippen molar-refractivity contribution in [3.8, 4) is 17.2 Å². The van der Waals surface area contributed by atoms with Gasteiger partial charge in [-0.15, -0.1) is 0 Å². The maximum Gasteiger partial charge on any atom is 0.524 e. The lowest BCUT2D eigenvalue weighted by atomic mass is 10.1. The van der Waals surface area contributed by atoms with Gasteiger partial charge in [-0.3, -0.25) is 9.79 Å². The summed E-state index contributed by atoms with van der Waals surface area (Å²) in [7, 11) is -3.12. The van der Waals surface area contributed by atoms with Gasteiger partial charge in [-0.1, -0.05) is 12.7 Å². The third-order valence-corrected chi connectivity index (χ3v) is 5.30. The SMILES string of the molecule is C=CC(OC)=C(C=CCS(=O)(=O)C=Cc1c(OC)cc(OC)cc1OC)OP(=O)(O)O. The van der Waals surface area contributed by atoms with Crippen molar-refractivity contribution in [2.45, 2.75) is 0 Å². The number of phosphoric acid groups is 1. The first-order valence-electron chi connectivity index (χ1n) is 8.53. The van der Waals surface area contributed by atoms with Crippen LogP contribution in [0.4, 0.5) is 0 Å². The highest BCUT2D eigenvalue weighted by Crippen LogP contribution is 2.40. The lowest BCUT2D eigenvalue weighted by Crippen LogP contribution is -2.01. The van der Waals surface area contributed by atoms with Crippen molar-refractivity contribution in [3.63, 3.8) is 0 Å². The molecule has 12 heteroatoms. The van der Waals surface area contributed by atoms with E-state index in [1.165, 1.54) is 34.5 Å². The molecule has 0 aliphatic heterocycles. The van der Waals surface area contributed by atoms with Crippen molar-refractivity contribution in [3.05, 3.63) is 59.4 Å². The van der Waals surface area contributed by atoms with Crippen LogP contribution < -0.4 is 14.2 Å². The van der Waals surface area contributed by atoms with Gasteiger partial charge in [-0.05, 0) is 18.2 Å². The van der Waals surface area contributed by atoms with Gasteiger partial charge in [0.15, 0.2) is 21.4 Å². The van der Waals surface area contributed by atoms with Gasteiger partial charge in [0, 0.05) is 17.5 Å². The summed E-state index contributed by atoms with van der Waals surface area (Å²) in [4.78, 5) is 18.0. The number of allylic oxidation sites excluding steroid dienone is 2. The van der Waals surface area contributed by atoms with Gasteiger partial charge in [0.25, 0.3) is 0 Å². The van der Waals surface area contributed by atoms with Gasteiger partial charge in [0.1, 0.15) is 17.2 Å². The Morgan fingerprint density at radius 2 is 1.65 bits per heavy atom. The van der Waals surface area contributed by atoms with Crippen LogP contribution in [0.3, 0.4) is 0 Å². The summed E-state index contributed by atoms with van der Waals surface area (Å²) in [5, 5.41) is 0.960. The van der Waals surface area contributed by atoms with Gasteiger partial charge in [0.05, 0.1) is 39.8 Å². The lowest BCUT2D eigenvalue weighted by Gasteiger charge is -2.12. The maximum absolute atomic E-state index is 12.4. The Labute approximate surface area is 181 Å². The van der Waals surface area contributed by atoms with Crippen LogP contribution in [0.15, 0.2) is 53.9 Å². The van der Waals surface area contributed by atoms with Gasteiger partial charge in [-0.25, -0.2) is 13.0 Å². The third kappa shape index (κ3) is 8.50. The van der Waals surface area contributed by atoms with Crippen LogP contribution in [0.1, 0.15) is 5.56 Å². The molecule has 0 saturated carbocycles. The number of hydrogen-bond donors (Lipinski definition) is 2. The topological polar surface area (TPSA) is 138 Å². The second kappa shape index (κ2) is 11.6. The molecule has 1 aromatic carbocycles. The number of methoxy groups -OCH3 is 4. The van der Waals surface area contributed by atoms with Gasteiger partial charge in [0.2, 0.25) is 0 Å². The van der Waals surface area contributed by atoms with E-state index in [9.17, 15) is 13.0 Å². The predicted octanol–water partition coefficient (Wildman–Crippen LogP) is 2.81. The van der Waals surface area contributed by atoms with Crippen LogP contribution in [0.25, 0.3) is 6.08 Å². The predicted molar refractivity (Wildman–Crippen MR) is 115 cm³/mol. The van der Waals surface area contributed by atoms with Crippen molar-refractivity contribution in [1.82, 2.24) is 0 Å². The van der Waals surface area contributed by atoms with E-state index in [1.54, 1.807) is 12.1 Å². The highest BCUT2D eigenvalue weighted by Gasteiger charge is 2.19. The fourth-order valence-electron chi connectivity index (χ4n) is 2.28. The first-order valence-corrected chi connectivity index (χ1v) is 11.8. The molecule has 0 radical (unpaired) electrons. The highest BCUT2D eigenvalue weighted by atomic mass is 32.2. The molecule has 2 N–H and O–H groups in total. The van der Waals surface area contributed by atoms with E-state index < -0.39 is 23.4 Å². The van der Waals surface area contributed by atoms with E-state index in [1.807, 2.05) is 0 Å². The number of hydrogen-bond acceptors (Lipinski definition) is 8. The summed E-state index contributed by atoms with van der Waals surface area (Å²) in [5.74, 6) is 0.205. The second-order valence-electron chi connectivity index (χ2n) is 5.70. The molecule has 0 aliphatic rings. The summed E-state index contributed by atoms with van der Waals surface area (Å²) in [5.41, 5.74) is 0.386. The Kier molecular flexibility index (Phi) is 9.86. The first kappa shape index (κ1) is 26.3. The standard InChI is InChI=1S/C19H25O10PS/c1-6-16(26-3)17(29-30(20,21)22)8-7-10-31(23,24)11-9-15-18(27-4)12-14(25-2)13-19(15)28-5/h6-9,11-13H,1,10H2,2-5H3,(H2,20,21,22). The van der Waals surface area contributed by atoms with Gasteiger partial charge >= 0.3 is 7.82 Å². The fourth-order valence-corrected chi connectivity index (χ4v) is 3.51. The van der Waals surface area contributed by atoms with Crippen molar-refractivity contribution in [2.75, 3.05) is 34.2 Å². The molecular weight excluding hydrogens is 451 g/mol. The Bertz CT molecular complexity index is 993. The molecule has 0 unspecified atom stereocenters. The summed E-state index contributed by atoms with van der Waals surface area (Å²) in [6.07, 6.45) is 4.69. The molecule has 1 rings (SSSR count). The highest BCUT2D eigenvalue weighted by molar-refractivity contribution is 7.94. The average Bonchev–Trinajstić information content (AvgIpc) is 2.71. The van der Waals surface area contributed by atoms with E-state index in [4.69, 9.17) is 28.7 Å². The summed E-state index contributed by atoms with van der Waals surface area (Å²) in [6.45, 7) is 3.44. The normalized spacial score (nSPS) is 13.1. The number of rotatable bonds is 12. The van der Waals surface area contributed by atoms with Crippen molar-refractivity contribution >= 4 is 23.7 Å². The number of phosphoric ester groups is 1. The minimum absolute atomic E-state index is 0.0831. The summed E-state index contributed by atoms with van der Waals surface area (Å²) < 4.78 is 61.0. The molecule has 0 amide bonds. The molecule has 0 spiro atoms. The van der Waals surface area contributed by atoms with Crippen LogP contribution in [0.5, 0.6) is 17.2 Å². The molecule has 0 fully saturated rings. The molecule has 31 heavy (non-hydrogen) atoms. The lowest BCUT2D eigenvalue weighted by molar-refractivity contribution is 0.225. The second-order valence-corrected chi connectivity index (χ2v) is 8.79. The first-order chi connectivity index (χ1) is 14.5. The van der Waals surface area contributed by atoms with E-state index in [0.717, 1.165) is 23.6 Å². The zero-order chi connectivity index (χ0) is 23.7. The van der Waals surface area contributed by atoms with Crippen LogP contribution in [0.2, 0.25) is 0 Å². The molecule has 0 atom stereocenters. The van der Waals surface area contributed by atoms with Crippen molar-refractivity contribution in [1.29, 1.82) is 0 Å². The molecule has 10 nitrogen and oxygen atoms in total. The Morgan fingerprint density at radius 1 is 1.06 bits per heavy atom. The van der Waals surface area contributed by atoms with E-state index >= 15 is 0 Å². The van der Waals surface area contributed by atoms with Crippen molar-refractivity contribution < 1.29 is 46.2 Å². The molecule has 172 valence electrons. The molecule has 0 aliphatic carbocycles. The minimum atomic E-state index is -4.90. The monoisotopic (exact) mass is 476 g/mol. The van der Waals surface area contributed by atoms with E-state index in [-0.39, 0.29) is 11.5 Å². The molecule has 0 bridgehead atoms. The van der Waals surface area contributed by atoms with Crippen LogP contribution in [0, 0.1) is 0 Å². The maximum atomic E-state index is 12.4. The zero-order valence-corrected chi connectivity index (χ0v) is 19.2. The average molecular weight is 476 g/mol. The van der Waals surface area contributed by atoms with Crippen molar-refractivity contribution in [2.24, 2.45) is 0 Å². The number of benzene rings is 1. The number of ether oxygens (including phenoxy) is 4. The molecule has 0 aromatic heterocycles. The summed E-state index contributed by atoms with van der Waals surface area (Å²) in [6, 6.07) is 3.15. The molecule has 0 saturated heterocycles. The minimum Gasteiger partial charge on any atom is -0.496 e. The largest absolute Gasteiger partial charge is 0.524 e. The van der Waals surface area contributed by atoms with Gasteiger partial charge < -0.3 is 23.5 Å². The molecule has 0 heterocycles. The van der Waals surface area contributed by atoms with E-state index in [0.29, 0.717) is 22.8 Å². The quantitative estimate of drug-likeness (QED) is 0.263. The van der Waals surface area contributed by atoms with Crippen LogP contribution >= 0.6 is 7.82 Å². The van der Waals surface area contributed by atoms with E-state index in [2.05, 4.69) is 11.1 Å². The van der Waals surface area contributed by atoms with Crippen LogP contribution in [-0.2, 0) is 23.7 Å². The Hall–Kier alpha value is -2.72. The fraction of sp³-hybridized carbons (Fsp3) is 0.263.